The van der Waals surface area contributed by atoms with Crippen molar-refractivity contribution in [3.63, 3.8) is 0 Å². The van der Waals surface area contributed by atoms with Crippen molar-refractivity contribution in [3.8, 4) is 0 Å². The number of unbranched alkanes of at least 4 members (excludes halogenated alkanes) is 8. The average molecular weight is 1430 g/mol. The number of carbonyl (C=O) groups is 3. The highest BCUT2D eigenvalue weighted by Gasteiger charge is 2.52. The van der Waals surface area contributed by atoms with E-state index in [1.54, 1.807) is 54.6 Å². The van der Waals surface area contributed by atoms with Crippen LogP contribution in [0.5, 0.6) is 0 Å². The first-order chi connectivity index (χ1) is 49.2. The number of hydrogen-bond acceptors (Lipinski definition) is 24. The summed E-state index contributed by atoms with van der Waals surface area (Å²) in [7, 11) is 0. The van der Waals surface area contributed by atoms with Crippen LogP contribution in [-0.2, 0) is 75.8 Å². The molecule has 5 rings (SSSR count). The van der Waals surface area contributed by atoms with Gasteiger partial charge in [0.2, 0.25) is 0 Å². The first-order valence-electron chi connectivity index (χ1n) is 37.4. The Morgan fingerprint density at radius 3 is 1.34 bits per heavy atom. The van der Waals surface area contributed by atoms with E-state index in [1.165, 1.54) is 36.4 Å². The molecule has 24 nitrogen and oxygen atoms in total. The second-order valence-electron chi connectivity index (χ2n) is 25.6. The maximum atomic E-state index is 14.7. The number of benzene rings is 3. The monoisotopic (exact) mass is 1430 g/mol. The van der Waals surface area contributed by atoms with Crippen LogP contribution in [-0.4, -0.2) is 233 Å². The largest absolute Gasteiger partial charge is 0.455 e. The molecule has 0 aromatic heterocycles. The fourth-order valence-electron chi connectivity index (χ4n) is 11.3. The van der Waals surface area contributed by atoms with Crippen molar-refractivity contribution in [1.29, 1.82) is 0 Å². The van der Waals surface area contributed by atoms with E-state index >= 15 is 0 Å². The molecule has 18 atom stereocenters. The minimum absolute atomic E-state index is 0.0125. The molecule has 0 bridgehead atoms. The van der Waals surface area contributed by atoms with Gasteiger partial charge in [0, 0.05) is 65.9 Å². The topological polar surface area (TPSA) is 300 Å². The highest BCUT2D eigenvalue weighted by molar-refractivity contribution is 5.91. The zero-order valence-corrected chi connectivity index (χ0v) is 61.3. The molecule has 2 fully saturated rings. The van der Waals surface area contributed by atoms with E-state index in [1.807, 2.05) is 41.5 Å². The molecule has 6 unspecified atom stereocenters. The van der Waals surface area contributed by atoms with E-state index in [2.05, 4.69) is 13.8 Å². The smallest absolute Gasteiger partial charge is 0.338 e. The third-order valence-corrected chi connectivity index (χ3v) is 17.4. The Morgan fingerprint density at radius 1 is 0.386 bits per heavy atom. The van der Waals surface area contributed by atoms with Gasteiger partial charge >= 0.3 is 17.9 Å². The number of aliphatic hydroxyl groups is 5. The van der Waals surface area contributed by atoms with E-state index in [4.69, 9.17) is 75.8 Å². The van der Waals surface area contributed by atoms with Crippen LogP contribution in [0.1, 0.15) is 202 Å². The standard InChI is InChI=1S/C77H122O24/c1-9-17-42-86-50-40-57(88-44-19-11-3)63(89-45-20-12-4)61(78)74(83)100-68-65(91-47-22-14-6)60(97-76(85)69(68)93-49-24-16-8)53-95-75(84)70(101-73(82)56-38-32-27-33-39-56)66(99-72(81)55-36-30-26-31-37-55)58(96-71(80)54-34-28-25-29-35-54)41-51-94-77-62(79)67(92-48-23-15-7)64(90-46-21-13-5)59(98-77)52-87-43-18-10-2/h25-39,57-70,74-79,83-85H,9-24,40-53H2,1-8H3/t57-,58-,59?,60?,61-,62-,63?,64-,65-,66?,67?,68?,69-,70-,74-,75-,76-,77+/m1/s1. The molecular weight excluding hydrogens is 1310 g/mol. The predicted octanol–water partition coefficient (Wildman–Crippen LogP) is 10.4. The lowest BCUT2D eigenvalue weighted by Crippen LogP contribution is -2.63. The summed E-state index contributed by atoms with van der Waals surface area (Å²) in [4.78, 5) is 43.9. The van der Waals surface area contributed by atoms with Crippen molar-refractivity contribution in [1.82, 2.24) is 0 Å². The summed E-state index contributed by atoms with van der Waals surface area (Å²) in [5.41, 5.74) is 0.125. The lowest BCUT2D eigenvalue weighted by Gasteiger charge is -2.46. The summed E-state index contributed by atoms with van der Waals surface area (Å²) >= 11 is 0. The Bertz CT molecular complexity index is 2580. The second kappa shape index (κ2) is 51.5. The quantitative estimate of drug-likeness (QED) is 0.0152. The van der Waals surface area contributed by atoms with E-state index in [9.17, 15) is 39.9 Å². The normalized spacial score (nSPS) is 23.3. The number of hydrogen-bond donors (Lipinski definition) is 5. The number of aliphatic hydroxyl groups excluding tert-OH is 5. The Balaban J connectivity index is 1.60. The van der Waals surface area contributed by atoms with Crippen LogP contribution in [0.2, 0.25) is 0 Å². The average Bonchev–Trinajstić information content (AvgIpc) is 0.801. The molecule has 24 heteroatoms. The third-order valence-electron chi connectivity index (χ3n) is 17.4. The zero-order valence-electron chi connectivity index (χ0n) is 61.3. The molecule has 101 heavy (non-hydrogen) atoms. The van der Waals surface area contributed by atoms with E-state index < -0.39 is 142 Å². The lowest BCUT2D eigenvalue weighted by atomic mass is 9.97. The van der Waals surface area contributed by atoms with Crippen LogP contribution in [0, 0.1) is 0 Å². The van der Waals surface area contributed by atoms with Crippen LogP contribution < -0.4 is 0 Å². The highest BCUT2D eigenvalue weighted by atomic mass is 16.7. The van der Waals surface area contributed by atoms with Crippen molar-refractivity contribution < 1.29 is 116 Å². The highest BCUT2D eigenvalue weighted by Crippen LogP contribution is 2.33. The first-order valence-corrected chi connectivity index (χ1v) is 37.4. The van der Waals surface area contributed by atoms with Gasteiger partial charge in [-0.15, -0.1) is 0 Å². The maximum Gasteiger partial charge on any atom is 0.338 e. The molecule has 2 saturated heterocycles. The minimum atomic E-state index is -2.31. The van der Waals surface area contributed by atoms with Gasteiger partial charge in [-0.1, -0.05) is 161 Å². The van der Waals surface area contributed by atoms with Crippen molar-refractivity contribution in [2.75, 3.05) is 79.3 Å². The number of rotatable bonds is 56. The van der Waals surface area contributed by atoms with Crippen LogP contribution >= 0.6 is 0 Å². The molecule has 574 valence electrons. The van der Waals surface area contributed by atoms with Gasteiger partial charge in [-0.25, -0.2) is 14.4 Å². The zero-order chi connectivity index (χ0) is 73.0. The second-order valence-corrected chi connectivity index (χ2v) is 25.6. The summed E-state index contributed by atoms with van der Waals surface area (Å²) in [6.45, 7) is 17.9. The number of carbonyl (C=O) groups excluding carboxylic acids is 3. The summed E-state index contributed by atoms with van der Waals surface area (Å²) in [6, 6.07) is 23.7. The molecule has 0 saturated carbocycles. The summed E-state index contributed by atoms with van der Waals surface area (Å²) in [5, 5.41) is 61.7. The van der Waals surface area contributed by atoms with Gasteiger partial charge in [0.15, 0.2) is 37.4 Å². The Kier molecular flexibility index (Phi) is 44.4. The van der Waals surface area contributed by atoms with Crippen molar-refractivity contribution in [2.45, 2.75) is 282 Å². The van der Waals surface area contributed by atoms with Gasteiger partial charge in [-0.2, -0.15) is 0 Å². The van der Waals surface area contributed by atoms with Gasteiger partial charge in [0.05, 0.1) is 42.6 Å². The van der Waals surface area contributed by atoms with Gasteiger partial charge in [-0.05, 0) is 94.2 Å². The Morgan fingerprint density at radius 2 is 0.812 bits per heavy atom. The summed E-state index contributed by atoms with van der Waals surface area (Å²) < 4.78 is 102. The first kappa shape index (κ1) is 87.0. The van der Waals surface area contributed by atoms with Crippen molar-refractivity contribution >= 4 is 17.9 Å². The van der Waals surface area contributed by atoms with Crippen molar-refractivity contribution in [2.24, 2.45) is 0 Å². The molecule has 3 aromatic rings. The third kappa shape index (κ3) is 30.4. The molecule has 0 amide bonds. The molecule has 2 heterocycles. The van der Waals surface area contributed by atoms with Crippen LogP contribution in [0.3, 0.4) is 0 Å². The van der Waals surface area contributed by atoms with E-state index in [-0.39, 0.29) is 49.5 Å². The predicted molar refractivity (Wildman–Crippen MR) is 376 cm³/mol. The SMILES string of the molecule is CCCCOCC[C@@H](OCCCC)C(OCCCC)[C@@H](O)[C@H](O)OC1[C@H](OCCCC)C(CO[C@@H](O)[C@H](OC(=O)c2ccccc2)C(OC(=O)c2ccccc2)[C@@H](CCO[C@H]2OC(COCCCC)[C@@H](OCCCC)C(OCCCC)[C@H]2O)OC(=O)c2ccccc2)O[C@@H](O)[C@@H]1OCCCC. The molecule has 0 aliphatic carbocycles. The molecule has 0 spiro atoms. The van der Waals surface area contributed by atoms with Crippen LogP contribution in [0.15, 0.2) is 91.0 Å². The minimum Gasteiger partial charge on any atom is -0.455 e. The fraction of sp³-hybridized carbons (Fsp3) is 0.727. The van der Waals surface area contributed by atoms with Gasteiger partial charge in [0.25, 0.3) is 0 Å². The molecular formula is C77H122O24. The number of esters is 3. The summed E-state index contributed by atoms with van der Waals surface area (Å²) in [5.74, 6) is -2.91. The Hall–Kier alpha value is -4.65. The van der Waals surface area contributed by atoms with E-state index in [0.717, 1.165) is 70.6 Å². The van der Waals surface area contributed by atoms with E-state index in [0.29, 0.717) is 78.2 Å². The molecule has 3 aromatic carbocycles. The van der Waals surface area contributed by atoms with Crippen molar-refractivity contribution in [3.05, 3.63) is 108 Å². The lowest BCUT2D eigenvalue weighted by molar-refractivity contribution is -0.344. The molecule has 0 radical (unpaired) electrons. The molecule has 2 aliphatic heterocycles. The number of ether oxygens (including phenoxy) is 16. The maximum absolute atomic E-state index is 14.7. The summed E-state index contributed by atoms with van der Waals surface area (Å²) in [6.07, 6.45) is -14.1. The molecule has 2 aliphatic rings. The Labute approximate surface area is 599 Å². The van der Waals surface area contributed by atoms with Gasteiger partial charge in [0.1, 0.15) is 67.1 Å². The fourth-order valence-corrected chi connectivity index (χ4v) is 11.3. The van der Waals surface area contributed by atoms with Gasteiger partial charge in [-0.3, -0.25) is 0 Å². The van der Waals surface area contributed by atoms with Crippen LogP contribution in [0.4, 0.5) is 0 Å². The molecule has 5 N–H and O–H groups in total. The van der Waals surface area contributed by atoms with Crippen LogP contribution in [0.25, 0.3) is 0 Å². The van der Waals surface area contributed by atoms with Gasteiger partial charge < -0.3 is 101 Å².